The van der Waals surface area contributed by atoms with Gasteiger partial charge in [0.15, 0.2) is 11.6 Å². The van der Waals surface area contributed by atoms with E-state index >= 15 is 0 Å². The number of rotatable bonds is 4. The van der Waals surface area contributed by atoms with Crippen molar-refractivity contribution in [1.82, 2.24) is 5.32 Å². The van der Waals surface area contributed by atoms with Crippen molar-refractivity contribution in [2.24, 2.45) is 5.73 Å². The third-order valence-corrected chi connectivity index (χ3v) is 3.04. The van der Waals surface area contributed by atoms with Crippen molar-refractivity contribution in [2.45, 2.75) is 24.9 Å². The Morgan fingerprint density at radius 2 is 2.00 bits per heavy atom. The summed E-state index contributed by atoms with van der Waals surface area (Å²) in [5.74, 6) is -1.63. The fourth-order valence-corrected chi connectivity index (χ4v) is 2.11. The first-order valence-electron chi connectivity index (χ1n) is 5.77. The average molecular weight is 238 g/mol. The van der Waals surface area contributed by atoms with E-state index in [-0.39, 0.29) is 18.6 Å². The second-order valence-corrected chi connectivity index (χ2v) is 4.24. The molecule has 0 aliphatic heterocycles. The molecule has 0 saturated heterocycles. The standard InChI is InChI=1S/C13H16F2N2/c14-11-7-3-6-10(13(11)15)12(8-16)17-9-4-1-2-5-9/h1-3,6-7,9,12,17H,4-5,8,16H2. The molecule has 0 bridgehead atoms. The largest absolute Gasteiger partial charge is 0.329 e. The molecule has 1 aliphatic carbocycles. The van der Waals surface area contributed by atoms with Gasteiger partial charge in [0, 0.05) is 24.2 Å². The lowest BCUT2D eigenvalue weighted by atomic mass is 10.0. The van der Waals surface area contributed by atoms with Crippen LogP contribution in [0.25, 0.3) is 0 Å². The van der Waals surface area contributed by atoms with Gasteiger partial charge >= 0.3 is 0 Å². The summed E-state index contributed by atoms with van der Waals surface area (Å²) in [5.41, 5.74) is 5.93. The van der Waals surface area contributed by atoms with Crippen molar-refractivity contribution in [3.05, 3.63) is 47.5 Å². The van der Waals surface area contributed by atoms with E-state index < -0.39 is 11.6 Å². The maximum Gasteiger partial charge on any atom is 0.163 e. The highest BCUT2D eigenvalue weighted by molar-refractivity contribution is 5.23. The molecule has 2 nitrogen and oxygen atoms in total. The number of benzene rings is 1. The predicted molar refractivity (Wildman–Crippen MR) is 63.5 cm³/mol. The van der Waals surface area contributed by atoms with Gasteiger partial charge in [0.1, 0.15) is 0 Å². The van der Waals surface area contributed by atoms with Gasteiger partial charge in [0.2, 0.25) is 0 Å². The number of hydrogen-bond acceptors (Lipinski definition) is 2. The summed E-state index contributed by atoms with van der Waals surface area (Å²) in [6.45, 7) is 0.247. The molecule has 0 amide bonds. The Morgan fingerprint density at radius 1 is 1.29 bits per heavy atom. The second kappa shape index (κ2) is 5.38. The van der Waals surface area contributed by atoms with E-state index in [9.17, 15) is 8.78 Å². The van der Waals surface area contributed by atoms with Gasteiger partial charge in [0.25, 0.3) is 0 Å². The molecule has 0 heterocycles. The molecular formula is C13H16F2N2. The monoisotopic (exact) mass is 238 g/mol. The molecule has 0 fully saturated rings. The molecule has 4 heteroatoms. The number of halogens is 2. The summed E-state index contributed by atoms with van der Waals surface area (Å²) in [6.07, 6.45) is 5.97. The molecule has 17 heavy (non-hydrogen) atoms. The van der Waals surface area contributed by atoms with Crippen molar-refractivity contribution in [3.8, 4) is 0 Å². The lowest BCUT2D eigenvalue weighted by Crippen LogP contribution is -2.35. The Hall–Kier alpha value is -1.26. The number of hydrogen-bond donors (Lipinski definition) is 2. The van der Waals surface area contributed by atoms with E-state index in [1.807, 2.05) is 0 Å². The van der Waals surface area contributed by atoms with Crippen LogP contribution in [0.1, 0.15) is 24.4 Å². The van der Waals surface area contributed by atoms with E-state index in [1.165, 1.54) is 6.07 Å². The Kier molecular flexibility index (Phi) is 3.86. The van der Waals surface area contributed by atoms with E-state index in [4.69, 9.17) is 5.73 Å². The normalized spacial score (nSPS) is 17.6. The van der Waals surface area contributed by atoms with Crippen molar-refractivity contribution >= 4 is 0 Å². The van der Waals surface area contributed by atoms with Gasteiger partial charge in [-0.25, -0.2) is 8.78 Å². The van der Waals surface area contributed by atoms with E-state index in [1.54, 1.807) is 6.07 Å². The molecule has 2 rings (SSSR count). The fraction of sp³-hybridized carbons (Fsp3) is 0.385. The van der Waals surface area contributed by atoms with Crippen molar-refractivity contribution < 1.29 is 8.78 Å². The van der Waals surface area contributed by atoms with Crippen LogP contribution in [-0.4, -0.2) is 12.6 Å². The molecule has 1 unspecified atom stereocenters. The molecule has 1 atom stereocenters. The van der Waals surface area contributed by atoms with E-state index in [2.05, 4.69) is 17.5 Å². The molecule has 0 spiro atoms. The lowest BCUT2D eigenvalue weighted by Gasteiger charge is -2.22. The van der Waals surface area contributed by atoms with Crippen LogP contribution < -0.4 is 11.1 Å². The molecule has 3 N–H and O–H groups in total. The summed E-state index contributed by atoms with van der Waals surface area (Å²) in [6, 6.07) is 4.13. The predicted octanol–water partition coefficient (Wildman–Crippen LogP) is 2.27. The first kappa shape index (κ1) is 12.2. The Labute approximate surface area is 99.5 Å². The minimum absolute atomic E-state index is 0.247. The number of nitrogens with one attached hydrogen (secondary N) is 1. The quantitative estimate of drug-likeness (QED) is 0.790. The fourth-order valence-electron chi connectivity index (χ4n) is 2.11. The Balaban J connectivity index is 2.14. The number of nitrogens with two attached hydrogens (primary N) is 1. The Bertz CT molecular complexity index is 410. The van der Waals surface area contributed by atoms with Crippen LogP contribution in [0.2, 0.25) is 0 Å². The van der Waals surface area contributed by atoms with Crippen molar-refractivity contribution in [2.75, 3.05) is 6.54 Å². The first-order chi connectivity index (χ1) is 8.22. The van der Waals surface area contributed by atoms with Gasteiger partial charge in [-0.15, -0.1) is 0 Å². The third-order valence-electron chi connectivity index (χ3n) is 3.04. The molecule has 0 saturated carbocycles. The van der Waals surface area contributed by atoms with Crippen LogP contribution in [0.5, 0.6) is 0 Å². The zero-order chi connectivity index (χ0) is 12.3. The Morgan fingerprint density at radius 3 is 2.65 bits per heavy atom. The highest BCUT2D eigenvalue weighted by Gasteiger charge is 2.20. The van der Waals surface area contributed by atoms with Crippen LogP contribution in [0.15, 0.2) is 30.4 Å². The van der Waals surface area contributed by atoms with Gasteiger partial charge in [-0.1, -0.05) is 24.3 Å². The zero-order valence-electron chi connectivity index (χ0n) is 9.50. The van der Waals surface area contributed by atoms with E-state index in [0.717, 1.165) is 18.9 Å². The highest BCUT2D eigenvalue weighted by Crippen LogP contribution is 2.21. The van der Waals surface area contributed by atoms with Crippen LogP contribution >= 0.6 is 0 Å². The summed E-state index contributed by atoms with van der Waals surface area (Å²) in [4.78, 5) is 0. The van der Waals surface area contributed by atoms with Gasteiger partial charge in [-0.2, -0.15) is 0 Å². The SMILES string of the molecule is NCC(NC1CC=CC1)c1cccc(F)c1F. The lowest BCUT2D eigenvalue weighted by molar-refractivity contribution is 0.424. The molecule has 0 radical (unpaired) electrons. The van der Waals surface area contributed by atoms with Crippen LogP contribution in [-0.2, 0) is 0 Å². The highest BCUT2D eigenvalue weighted by atomic mass is 19.2. The second-order valence-electron chi connectivity index (χ2n) is 4.24. The van der Waals surface area contributed by atoms with Crippen molar-refractivity contribution in [3.63, 3.8) is 0 Å². The molecule has 92 valence electrons. The minimum Gasteiger partial charge on any atom is -0.329 e. The third kappa shape index (κ3) is 2.70. The smallest absolute Gasteiger partial charge is 0.163 e. The summed E-state index contributed by atoms with van der Waals surface area (Å²) < 4.78 is 26.8. The van der Waals surface area contributed by atoms with Crippen LogP contribution in [0, 0.1) is 11.6 Å². The van der Waals surface area contributed by atoms with Gasteiger partial charge in [-0.3, -0.25) is 0 Å². The molecule has 1 aliphatic rings. The summed E-state index contributed by atoms with van der Waals surface area (Å²) in [7, 11) is 0. The summed E-state index contributed by atoms with van der Waals surface area (Å²) >= 11 is 0. The molecule has 0 aromatic heterocycles. The molecule has 1 aromatic carbocycles. The topological polar surface area (TPSA) is 38.0 Å². The summed E-state index contributed by atoms with van der Waals surface area (Å²) in [5, 5.41) is 3.26. The molecule has 1 aromatic rings. The van der Waals surface area contributed by atoms with Crippen LogP contribution in [0.3, 0.4) is 0 Å². The molecular weight excluding hydrogens is 222 g/mol. The van der Waals surface area contributed by atoms with E-state index in [0.29, 0.717) is 5.56 Å². The maximum atomic E-state index is 13.6. The minimum atomic E-state index is -0.827. The van der Waals surface area contributed by atoms with Gasteiger partial charge < -0.3 is 11.1 Å². The van der Waals surface area contributed by atoms with Gasteiger partial charge in [0.05, 0.1) is 0 Å². The van der Waals surface area contributed by atoms with Crippen molar-refractivity contribution in [1.29, 1.82) is 0 Å². The first-order valence-corrected chi connectivity index (χ1v) is 5.77. The van der Waals surface area contributed by atoms with Gasteiger partial charge in [-0.05, 0) is 18.9 Å². The average Bonchev–Trinajstić information content (AvgIpc) is 2.83. The zero-order valence-corrected chi connectivity index (χ0v) is 9.50. The maximum absolute atomic E-state index is 13.6. The van der Waals surface area contributed by atoms with Crippen LogP contribution in [0.4, 0.5) is 8.78 Å².